The minimum absolute atomic E-state index is 0.341. The van der Waals surface area contributed by atoms with Gasteiger partial charge in [-0.25, -0.2) is 4.39 Å². The first-order valence-corrected chi connectivity index (χ1v) is 6.21. The molecule has 1 nitrogen and oxygen atoms in total. The van der Waals surface area contributed by atoms with Gasteiger partial charge in [0.25, 0.3) is 0 Å². The minimum Gasteiger partial charge on any atom is -0.320 e. The fourth-order valence-electron chi connectivity index (χ4n) is 1.65. The summed E-state index contributed by atoms with van der Waals surface area (Å²) in [4.78, 5) is 0. The Morgan fingerprint density at radius 1 is 1.12 bits per heavy atom. The third-order valence-corrected chi connectivity index (χ3v) is 3.38. The highest BCUT2D eigenvalue weighted by Crippen LogP contribution is 2.28. The van der Waals surface area contributed by atoms with Crippen LogP contribution in [0.2, 0.25) is 5.02 Å². The molecule has 0 saturated heterocycles. The first-order chi connectivity index (χ1) is 8.09. The quantitative estimate of drug-likeness (QED) is 0.879. The van der Waals surface area contributed by atoms with E-state index in [-0.39, 0.29) is 5.82 Å². The average Bonchev–Trinajstić information content (AvgIpc) is 2.29. The molecule has 0 spiro atoms. The second-order valence-corrected chi connectivity index (χ2v) is 4.99. The van der Waals surface area contributed by atoms with Gasteiger partial charge in [-0.05, 0) is 23.8 Å². The van der Waals surface area contributed by atoms with Gasteiger partial charge in [0.2, 0.25) is 0 Å². The Balaban J connectivity index is 2.44. The van der Waals surface area contributed by atoms with E-state index in [1.807, 2.05) is 12.1 Å². The molecule has 0 fully saturated rings. The van der Waals surface area contributed by atoms with Crippen molar-refractivity contribution in [2.45, 2.75) is 6.04 Å². The van der Waals surface area contributed by atoms with E-state index in [0.717, 1.165) is 5.56 Å². The molecule has 4 heteroatoms. The Morgan fingerprint density at radius 2 is 1.82 bits per heavy atom. The summed E-state index contributed by atoms with van der Waals surface area (Å²) in [5.41, 5.74) is 7.18. The van der Waals surface area contributed by atoms with Crippen LogP contribution >= 0.6 is 27.5 Å². The number of nitrogens with two attached hydrogens (primary N) is 1. The van der Waals surface area contributed by atoms with E-state index in [0.29, 0.717) is 15.1 Å². The summed E-state index contributed by atoms with van der Waals surface area (Å²) < 4.78 is 14.5. The molecule has 1 unspecified atom stereocenters. The van der Waals surface area contributed by atoms with Gasteiger partial charge in [0.1, 0.15) is 5.82 Å². The molecule has 0 heterocycles. The van der Waals surface area contributed by atoms with Crippen molar-refractivity contribution < 1.29 is 4.39 Å². The maximum Gasteiger partial charge on any atom is 0.129 e. The highest BCUT2D eigenvalue weighted by molar-refractivity contribution is 9.10. The highest BCUT2D eigenvalue weighted by Gasteiger charge is 2.15. The van der Waals surface area contributed by atoms with Gasteiger partial charge >= 0.3 is 0 Å². The fourth-order valence-corrected chi connectivity index (χ4v) is 2.24. The number of rotatable bonds is 2. The van der Waals surface area contributed by atoms with Crippen LogP contribution in [0.25, 0.3) is 0 Å². The third kappa shape index (κ3) is 2.68. The van der Waals surface area contributed by atoms with E-state index < -0.39 is 6.04 Å². The third-order valence-electron chi connectivity index (χ3n) is 2.54. The van der Waals surface area contributed by atoms with Crippen LogP contribution in [0.5, 0.6) is 0 Å². The van der Waals surface area contributed by atoms with Gasteiger partial charge < -0.3 is 5.73 Å². The van der Waals surface area contributed by atoms with E-state index in [1.165, 1.54) is 6.07 Å². The van der Waals surface area contributed by atoms with Gasteiger partial charge in [-0.1, -0.05) is 51.8 Å². The van der Waals surface area contributed by atoms with Crippen LogP contribution in [0.1, 0.15) is 17.2 Å². The Morgan fingerprint density at radius 3 is 2.47 bits per heavy atom. The number of hydrogen-bond donors (Lipinski definition) is 1. The van der Waals surface area contributed by atoms with Crippen LogP contribution in [-0.2, 0) is 0 Å². The predicted octanol–water partition coefficient (Wildman–Crippen LogP) is 4.29. The maximum absolute atomic E-state index is 13.8. The van der Waals surface area contributed by atoms with Gasteiger partial charge in [-0.2, -0.15) is 0 Å². The van der Waals surface area contributed by atoms with Gasteiger partial charge in [-0.15, -0.1) is 0 Å². The Kier molecular flexibility index (Phi) is 3.82. The number of hydrogen-bond acceptors (Lipinski definition) is 1. The van der Waals surface area contributed by atoms with E-state index >= 15 is 0 Å². The molecule has 2 rings (SSSR count). The molecule has 2 aromatic carbocycles. The molecule has 0 aliphatic heterocycles. The lowest BCUT2D eigenvalue weighted by atomic mass is 9.99. The lowest BCUT2D eigenvalue weighted by Crippen LogP contribution is -2.14. The van der Waals surface area contributed by atoms with Gasteiger partial charge in [-0.3, -0.25) is 0 Å². The molecule has 0 aromatic heterocycles. The van der Waals surface area contributed by atoms with Crippen molar-refractivity contribution >= 4 is 27.5 Å². The van der Waals surface area contributed by atoms with Gasteiger partial charge in [0.15, 0.2) is 0 Å². The summed E-state index contributed by atoms with van der Waals surface area (Å²) in [7, 11) is 0. The van der Waals surface area contributed by atoms with Crippen molar-refractivity contribution in [2.24, 2.45) is 5.73 Å². The molecule has 0 saturated carbocycles. The largest absolute Gasteiger partial charge is 0.320 e. The molecule has 17 heavy (non-hydrogen) atoms. The van der Waals surface area contributed by atoms with Gasteiger partial charge in [0, 0.05) is 15.1 Å². The van der Waals surface area contributed by atoms with Crippen LogP contribution in [-0.4, -0.2) is 0 Å². The molecule has 0 amide bonds. The summed E-state index contributed by atoms with van der Waals surface area (Å²) in [6.07, 6.45) is 0. The molecule has 0 aliphatic rings. The summed E-state index contributed by atoms with van der Waals surface area (Å²) in [5, 5.41) is 0.544. The highest BCUT2D eigenvalue weighted by atomic mass is 79.9. The van der Waals surface area contributed by atoms with Crippen LogP contribution in [0.4, 0.5) is 4.39 Å². The van der Waals surface area contributed by atoms with E-state index in [4.69, 9.17) is 17.3 Å². The molecule has 88 valence electrons. The maximum atomic E-state index is 13.8. The molecular weight excluding hydrogens is 305 g/mol. The number of benzene rings is 2. The molecule has 1 atom stereocenters. The van der Waals surface area contributed by atoms with E-state index in [2.05, 4.69) is 15.9 Å². The minimum atomic E-state index is -0.559. The van der Waals surface area contributed by atoms with Gasteiger partial charge in [0.05, 0.1) is 6.04 Å². The van der Waals surface area contributed by atoms with Crippen LogP contribution < -0.4 is 5.73 Å². The monoisotopic (exact) mass is 313 g/mol. The molecule has 2 aromatic rings. The molecule has 0 radical (unpaired) electrons. The van der Waals surface area contributed by atoms with Crippen molar-refractivity contribution in [1.29, 1.82) is 0 Å². The summed E-state index contributed by atoms with van der Waals surface area (Å²) >= 11 is 9.25. The van der Waals surface area contributed by atoms with Crippen LogP contribution in [0.3, 0.4) is 0 Å². The smallest absolute Gasteiger partial charge is 0.129 e. The second-order valence-electron chi connectivity index (χ2n) is 3.67. The number of halogens is 3. The van der Waals surface area contributed by atoms with Crippen molar-refractivity contribution in [3.63, 3.8) is 0 Å². The molecule has 0 aliphatic carbocycles. The zero-order valence-electron chi connectivity index (χ0n) is 8.83. The first kappa shape index (κ1) is 12.6. The molecular formula is C13H10BrClFN. The Hall–Kier alpha value is -0.900. The van der Waals surface area contributed by atoms with Crippen molar-refractivity contribution in [3.8, 4) is 0 Å². The van der Waals surface area contributed by atoms with Crippen molar-refractivity contribution in [2.75, 3.05) is 0 Å². The topological polar surface area (TPSA) is 26.0 Å². The van der Waals surface area contributed by atoms with Crippen LogP contribution in [0.15, 0.2) is 46.9 Å². The Bertz CT molecular complexity index is 545. The predicted molar refractivity (Wildman–Crippen MR) is 71.6 cm³/mol. The van der Waals surface area contributed by atoms with E-state index in [1.54, 1.807) is 24.3 Å². The lowest BCUT2D eigenvalue weighted by molar-refractivity contribution is 0.599. The summed E-state index contributed by atoms with van der Waals surface area (Å²) in [6.45, 7) is 0. The molecule has 0 bridgehead atoms. The van der Waals surface area contributed by atoms with Crippen molar-refractivity contribution in [3.05, 3.63) is 68.9 Å². The normalized spacial score (nSPS) is 12.5. The first-order valence-electron chi connectivity index (χ1n) is 5.04. The zero-order chi connectivity index (χ0) is 12.4. The summed E-state index contributed by atoms with van der Waals surface area (Å²) in [5.74, 6) is -0.341. The SMILES string of the molecule is NC(c1ccc(Br)cc1F)c1ccccc1Cl. The van der Waals surface area contributed by atoms with E-state index in [9.17, 15) is 4.39 Å². The Labute approximate surface area is 113 Å². The zero-order valence-corrected chi connectivity index (χ0v) is 11.2. The standard InChI is InChI=1S/C13H10BrClFN/c14-8-5-6-10(12(16)7-8)13(17)9-3-1-2-4-11(9)15/h1-7,13H,17H2. The fraction of sp³-hybridized carbons (Fsp3) is 0.0769. The summed E-state index contributed by atoms with van der Waals surface area (Å²) in [6, 6.07) is 11.4. The average molecular weight is 315 g/mol. The molecule has 2 N–H and O–H groups in total. The lowest BCUT2D eigenvalue weighted by Gasteiger charge is -2.15. The van der Waals surface area contributed by atoms with Crippen molar-refractivity contribution in [1.82, 2.24) is 0 Å². The second kappa shape index (κ2) is 5.17. The van der Waals surface area contributed by atoms with Crippen LogP contribution in [0, 0.1) is 5.82 Å².